The van der Waals surface area contributed by atoms with E-state index in [0.717, 1.165) is 11.3 Å². The molecule has 0 N–H and O–H groups in total. The topological polar surface area (TPSA) is 51.0 Å². The van der Waals surface area contributed by atoms with Gasteiger partial charge in [0.15, 0.2) is 0 Å². The molecule has 0 saturated carbocycles. The first kappa shape index (κ1) is 23.8. The quantitative estimate of drug-likeness (QED) is 0.257. The number of carbonyl (C=O) groups excluding carboxylic acids is 1. The van der Waals surface area contributed by atoms with E-state index in [9.17, 15) is 4.79 Å². The van der Waals surface area contributed by atoms with Gasteiger partial charge in [0.1, 0.15) is 5.75 Å². The van der Waals surface area contributed by atoms with Crippen LogP contribution >= 0.6 is 0 Å². The van der Waals surface area contributed by atoms with E-state index in [-0.39, 0.29) is 5.97 Å². The van der Waals surface area contributed by atoms with E-state index in [1.165, 1.54) is 5.56 Å². The van der Waals surface area contributed by atoms with Crippen molar-refractivity contribution >= 4 is 17.3 Å². The van der Waals surface area contributed by atoms with Crippen molar-refractivity contribution in [1.82, 2.24) is 0 Å². The van der Waals surface area contributed by atoms with Crippen molar-refractivity contribution < 1.29 is 9.53 Å². The first-order valence-corrected chi connectivity index (χ1v) is 9.97. The van der Waals surface area contributed by atoms with Crippen LogP contribution in [0.25, 0.3) is 0 Å². The van der Waals surface area contributed by atoms with Crippen molar-refractivity contribution in [3.63, 3.8) is 0 Å². The normalized spacial score (nSPS) is 9.72. The van der Waals surface area contributed by atoms with Gasteiger partial charge in [0.2, 0.25) is 0 Å². The smallest absolute Gasteiger partial charge is 0.343 e. The van der Waals surface area contributed by atoms with E-state index in [4.69, 9.17) is 4.74 Å². The Morgan fingerprint density at radius 3 is 1.45 bits per heavy atom. The molecule has 29 heavy (non-hydrogen) atoms. The predicted octanol–water partition coefficient (Wildman–Crippen LogP) is 7.99. The van der Waals surface area contributed by atoms with Crippen LogP contribution in [0.1, 0.15) is 49.2 Å². The number of azo groups is 1. The molecular formula is C25H30N2O2. The predicted molar refractivity (Wildman–Crippen MR) is 121 cm³/mol. The summed E-state index contributed by atoms with van der Waals surface area (Å²) in [4.78, 5) is 12.1. The van der Waals surface area contributed by atoms with Crippen molar-refractivity contribution in [2.24, 2.45) is 10.2 Å². The van der Waals surface area contributed by atoms with Gasteiger partial charge in [-0.25, -0.2) is 4.79 Å². The number of hydrogen-bond acceptors (Lipinski definition) is 4. The second-order valence-corrected chi connectivity index (χ2v) is 5.78. The maximum Gasteiger partial charge on any atom is 0.343 e. The summed E-state index contributed by atoms with van der Waals surface area (Å²) in [6, 6.07) is 22.0. The molecule has 3 rings (SSSR count). The van der Waals surface area contributed by atoms with Crippen LogP contribution < -0.4 is 4.74 Å². The molecule has 4 heteroatoms. The minimum atomic E-state index is -0.381. The average molecular weight is 391 g/mol. The lowest BCUT2D eigenvalue weighted by Gasteiger charge is -2.04. The fourth-order valence-electron chi connectivity index (χ4n) is 2.16. The molecule has 0 unspecified atom stereocenters. The lowest BCUT2D eigenvalue weighted by atomic mass is 10.1. The summed E-state index contributed by atoms with van der Waals surface area (Å²) in [6.45, 7) is 12.0. The molecule has 3 aromatic carbocycles. The van der Waals surface area contributed by atoms with Gasteiger partial charge in [0, 0.05) is 0 Å². The van der Waals surface area contributed by atoms with Gasteiger partial charge in [0.05, 0.1) is 16.9 Å². The number of rotatable bonds is 4. The summed E-state index contributed by atoms with van der Waals surface area (Å²) in [6.07, 6.45) is 0. The molecule has 0 aliphatic heterocycles. The molecule has 0 radical (unpaired) electrons. The van der Waals surface area contributed by atoms with Crippen LogP contribution in [0, 0.1) is 13.8 Å². The summed E-state index contributed by atoms with van der Waals surface area (Å²) in [7, 11) is 0. The molecule has 0 atom stereocenters. The minimum Gasteiger partial charge on any atom is -0.423 e. The maximum absolute atomic E-state index is 12.1. The number of hydrogen-bond donors (Lipinski definition) is 0. The largest absolute Gasteiger partial charge is 0.423 e. The zero-order valence-corrected chi connectivity index (χ0v) is 18.1. The van der Waals surface area contributed by atoms with E-state index >= 15 is 0 Å². The molecule has 0 aliphatic rings. The molecule has 3 aromatic rings. The van der Waals surface area contributed by atoms with Crippen molar-refractivity contribution in [2.45, 2.75) is 41.5 Å². The van der Waals surface area contributed by atoms with Crippen molar-refractivity contribution in [2.75, 3.05) is 0 Å². The van der Waals surface area contributed by atoms with Crippen molar-refractivity contribution in [3.05, 3.63) is 89.5 Å². The van der Waals surface area contributed by atoms with Gasteiger partial charge in [-0.15, -0.1) is 0 Å². The first-order valence-electron chi connectivity index (χ1n) is 9.97. The van der Waals surface area contributed by atoms with E-state index in [1.807, 2.05) is 77.9 Å². The van der Waals surface area contributed by atoms with E-state index in [2.05, 4.69) is 10.2 Å². The Morgan fingerprint density at radius 1 is 0.621 bits per heavy atom. The average Bonchev–Trinajstić information content (AvgIpc) is 2.77. The number of aryl methyl sites for hydroxylation is 2. The van der Waals surface area contributed by atoms with Crippen LogP contribution in [-0.2, 0) is 0 Å². The first-order chi connectivity index (χ1) is 14.1. The zero-order chi connectivity index (χ0) is 21.6. The summed E-state index contributed by atoms with van der Waals surface area (Å²) in [5.74, 6) is 0.0916. The van der Waals surface area contributed by atoms with Crippen LogP contribution in [0.4, 0.5) is 11.4 Å². The van der Waals surface area contributed by atoms with Gasteiger partial charge < -0.3 is 4.74 Å². The Hall–Kier alpha value is -3.27. The molecular weight excluding hydrogens is 360 g/mol. The van der Waals surface area contributed by atoms with Crippen molar-refractivity contribution in [3.8, 4) is 5.75 Å². The molecule has 0 aliphatic carbocycles. The molecule has 0 heterocycles. The fraction of sp³-hybridized carbons (Fsp3) is 0.240. The molecule has 0 fully saturated rings. The van der Waals surface area contributed by atoms with Crippen LogP contribution in [0.15, 0.2) is 83.0 Å². The number of esters is 1. The fourth-order valence-corrected chi connectivity index (χ4v) is 2.16. The van der Waals surface area contributed by atoms with E-state index in [0.29, 0.717) is 17.0 Å². The van der Waals surface area contributed by atoms with Gasteiger partial charge in [-0.2, -0.15) is 10.2 Å². The minimum absolute atomic E-state index is 0.381. The van der Waals surface area contributed by atoms with E-state index in [1.54, 1.807) is 36.4 Å². The summed E-state index contributed by atoms with van der Waals surface area (Å²) >= 11 is 0. The van der Waals surface area contributed by atoms with Crippen molar-refractivity contribution in [1.29, 1.82) is 0 Å². The Kier molecular flexibility index (Phi) is 10.7. The van der Waals surface area contributed by atoms with Crippen LogP contribution in [0.3, 0.4) is 0 Å². The zero-order valence-electron chi connectivity index (χ0n) is 18.1. The maximum atomic E-state index is 12.1. The lowest BCUT2D eigenvalue weighted by Crippen LogP contribution is -2.08. The molecule has 0 amide bonds. The second kappa shape index (κ2) is 13.0. The third-order valence-electron chi connectivity index (χ3n) is 3.65. The number of benzene rings is 3. The van der Waals surface area contributed by atoms with Gasteiger partial charge >= 0.3 is 5.97 Å². The standard InChI is InChI=1S/C21H18N2O2.2C2H6/c1-15-3-7-17(8-4-15)21(24)25-20-13-11-19(12-14-20)23-22-18-9-5-16(2)6-10-18;2*1-2/h3-14H,1-2H3;2*1-2H3. The summed E-state index contributed by atoms with van der Waals surface area (Å²) < 4.78 is 5.36. The summed E-state index contributed by atoms with van der Waals surface area (Å²) in [5.41, 5.74) is 4.28. The molecule has 0 saturated heterocycles. The SMILES string of the molecule is CC.CC.Cc1ccc(N=Nc2ccc(OC(=O)c3ccc(C)cc3)cc2)cc1. The monoisotopic (exact) mass is 390 g/mol. The number of ether oxygens (including phenoxy) is 1. The molecule has 0 aromatic heterocycles. The van der Waals surface area contributed by atoms with Gasteiger partial charge in [-0.05, 0) is 62.4 Å². The highest BCUT2D eigenvalue weighted by molar-refractivity contribution is 5.91. The molecule has 152 valence electrons. The molecule has 4 nitrogen and oxygen atoms in total. The third-order valence-corrected chi connectivity index (χ3v) is 3.65. The summed E-state index contributed by atoms with van der Waals surface area (Å²) in [5, 5.41) is 8.36. The second-order valence-electron chi connectivity index (χ2n) is 5.78. The highest BCUT2D eigenvalue weighted by atomic mass is 16.5. The highest BCUT2D eigenvalue weighted by Crippen LogP contribution is 2.22. The Morgan fingerprint density at radius 2 is 1.00 bits per heavy atom. The Bertz CT molecular complexity index is 882. The van der Waals surface area contributed by atoms with Crippen LogP contribution in [-0.4, -0.2) is 5.97 Å². The molecule has 0 spiro atoms. The third kappa shape index (κ3) is 8.09. The van der Waals surface area contributed by atoms with Gasteiger partial charge in [0.25, 0.3) is 0 Å². The van der Waals surface area contributed by atoms with Crippen LogP contribution in [0.5, 0.6) is 5.75 Å². The van der Waals surface area contributed by atoms with E-state index < -0.39 is 0 Å². The Labute approximate surface area is 174 Å². The molecule has 0 bridgehead atoms. The number of nitrogens with zero attached hydrogens (tertiary/aromatic N) is 2. The van der Waals surface area contributed by atoms with Gasteiger partial charge in [-0.1, -0.05) is 63.1 Å². The van der Waals surface area contributed by atoms with Crippen LogP contribution in [0.2, 0.25) is 0 Å². The highest BCUT2D eigenvalue weighted by Gasteiger charge is 2.08. The van der Waals surface area contributed by atoms with Gasteiger partial charge in [-0.3, -0.25) is 0 Å². The number of carbonyl (C=O) groups is 1. The Balaban J connectivity index is 0.000000989. The lowest BCUT2D eigenvalue weighted by molar-refractivity contribution is 0.0735.